The molecule has 0 radical (unpaired) electrons. The van der Waals surface area contributed by atoms with Crippen LogP contribution in [0.2, 0.25) is 0 Å². The zero-order valence-corrected chi connectivity index (χ0v) is 10.1. The molecule has 0 spiro atoms. The van der Waals surface area contributed by atoms with Crippen molar-refractivity contribution in [2.75, 3.05) is 0 Å². The molecule has 1 rings (SSSR count). The number of carbonyl (C=O) groups is 1. The Labute approximate surface area is 101 Å². The molecule has 1 aromatic rings. The summed E-state index contributed by atoms with van der Waals surface area (Å²) in [5.74, 6) is 1.79. The van der Waals surface area contributed by atoms with E-state index in [0.717, 1.165) is 12.8 Å². The molecule has 0 bridgehead atoms. The lowest BCUT2D eigenvalue weighted by atomic mass is 10.1. The average Bonchev–Trinajstić information content (AvgIpc) is 2.31. The number of rotatable bonds is 4. The highest BCUT2D eigenvalue weighted by atomic mass is 19.1. The molecule has 3 heteroatoms. The first kappa shape index (κ1) is 13.2. The monoisotopic (exact) mass is 233 g/mol. The van der Waals surface area contributed by atoms with Gasteiger partial charge in [0.1, 0.15) is 5.82 Å². The first-order chi connectivity index (χ1) is 8.08. The van der Waals surface area contributed by atoms with Crippen LogP contribution in [0.1, 0.15) is 35.7 Å². The summed E-state index contributed by atoms with van der Waals surface area (Å²) < 4.78 is 13.3. The maximum atomic E-state index is 13.3. The fourth-order valence-electron chi connectivity index (χ4n) is 1.46. The van der Waals surface area contributed by atoms with E-state index in [9.17, 15) is 9.18 Å². The Kier molecular flexibility index (Phi) is 4.71. The standard InChI is InChI=1S/C14H16FNO/c1-4-6-12(5-2)16-14(17)11-8-7-10(3)13(15)9-11/h2,7-9,12H,4,6H2,1,3H3,(H,16,17). The van der Waals surface area contributed by atoms with Gasteiger partial charge in [0.05, 0.1) is 6.04 Å². The highest BCUT2D eigenvalue weighted by molar-refractivity contribution is 5.94. The van der Waals surface area contributed by atoms with E-state index < -0.39 is 0 Å². The molecular formula is C14H16FNO. The van der Waals surface area contributed by atoms with Gasteiger partial charge in [0.25, 0.3) is 5.91 Å². The summed E-state index contributed by atoms with van der Waals surface area (Å²) in [6.07, 6.45) is 6.91. The molecule has 1 N–H and O–H groups in total. The van der Waals surface area contributed by atoms with E-state index in [1.165, 1.54) is 6.07 Å². The molecule has 0 aliphatic heterocycles. The molecule has 0 saturated carbocycles. The van der Waals surface area contributed by atoms with Crippen LogP contribution in [0.3, 0.4) is 0 Å². The van der Waals surface area contributed by atoms with E-state index in [1.807, 2.05) is 6.92 Å². The molecule has 1 atom stereocenters. The molecule has 1 unspecified atom stereocenters. The summed E-state index contributed by atoms with van der Waals surface area (Å²) in [7, 11) is 0. The normalized spacial score (nSPS) is 11.6. The van der Waals surface area contributed by atoms with Crippen LogP contribution in [0.5, 0.6) is 0 Å². The van der Waals surface area contributed by atoms with Gasteiger partial charge in [-0.3, -0.25) is 4.79 Å². The Balaban J connectivity index is 2.76. The quantitative estimate of drug-likeness (QED) is 0.796. The van der Waals surface area contributed by atoms with Gasteiger partial charge in [-0.15, -0.1) is 6.42 Å². The number of nitrogens with one attached hydrogen (secondary N) is 1. The van der Waals surface area contributed by atoms with Crippen molar-refractivity contribution in [1.82, 2.24) is 5.32 Å². The Morgan fingerprint density at radius 3 is 2.82 bits per heavy atom. The van der Waals surface area contributed by atoms with Gasteiger partial charge in [-0.05, 0) is 31.0 Å². The Bertz CT molecular complexity index is 448. The predicted molar refractivity (Wildman–Crippen MR) is 66.1 cm³/mol. The first-order valence-electron chi connectivity index (χ1n) is 5.61. The van der Waals surface area contributed by atoms with Gasteiger partial charge in [-0.2, -0.15) is 0 Å². The Hall–Kier alpha value is -1.82. The van der Waals surface area contributed by atoms with Crippen LogP contribution in [0.4, 0.5) is 4.39 Å². The fraction of sp³-hybridized carbons (Fsp3) is 0.357. The Morgan fingerprint density at radius 1 is 1.59 bits per heavy atom. The molecule has 0 aliphatic rings. The number of hydrogen-bond acceptors (Lipinski definition) is 1. The van der Waals surface area contributed by atoms with Crippen LogP contribution in [0.25, 0.3) is 0 Å². The third-order valence-electron chi connectivity index (χ3n) is 2.52. The molecule has 0 heterocycles. The molecule has 17 heavy (non-hydrogen) atoms. The third kappa shape index (κ3) is 3.60. The maximum absolute atomic E-state index is 13.3. The zero-order valence-electron chi connectivity index (χ0n) is 10.1. The van der Waals surface area contributed by atoms with Crippen molar-refractivity contribution in [2.24, 2.45) is 0 Å². The topological polar surface area (TPSA) is 29.1 Å². The second kappa shape index (κ2) is 6.05. The lowest BCUT2D eigenvalue weighted by Gasteiger charge is -2.12. The van der Waals surface area contributed by atoms with Crippen LogP contribution in [0, 0.1) is 25.1 Å². The zero-order chi connectivity index (χ0) is 12.8. The average molecular weight is 233 g/mol. The van der Waals surface area contributed by atoms with Gasteiger partial charge in [0.15, 0.2) is 0 Å². The SMILES string of the molecule is C#CC(CCC)NC(=O)c1ccc(C)c(F)c1. The van der Waals surface area contributed by atoms with E-state index in [1.54, 1.807) is 19.1 Å². The minimum Gasteiger partial charge on any atom is -0.338 e. The van der Waals surface area contributed by atoms with E-state index in [2.05, 4.69) is 11.2 Å². The van der Waals surface area contributed by atoms with Crippen LogP contribution in [0.15, 0.2) is 18.2 Å². The van der Waals surface area contributed by atoms with E-state index in [4.69, 9.17) is 6.42 Å². The second-order valence-corrected chi connectivity index (χ2v) is 3.95. The molecule has 90 valence electrons. The number of benzene rings is 1. The van der Waals surface area contributed by atoms with Crippen molar-refractivity contribution in [3.8, 4) is 12.3 Å². The van der Waals surface area contributed by atoms with Gasteiger partial charge in [-0.1, -0.05) is 25.3 Å². The van der Waals surface area contributed by atoms with Crippen molar-refractivity contribution in [1.29, 1.82) is 0 Å². The van der Waals surface area contributed by atoms with Crippen LogP contribution >= 0.6 is 0 Å². The molecular weight excluding hydrogens is 217 g/mol. The summed E-state index contributed by atoms with van der Waals surface area (Å²) in [5, 5.41) is 2.69. The van der Waals surface area contributed by atoms with Gasteiger partial charge in [0.2, 0.25) is 0 Å². The molecule has 1 amide bonds. The minimum atomic E-state index is -0.384. The fourth-order valence-corrected chi connectivity index (χ4v) is 1.46. The van der Waals surface area contributed by atoms with Crippen LogP contribution in [-0.2, 0) is 0 Å². The first-order valence-corrected chi connectivity index (χ1v) is 5.61. The molecule has 2 nitrogen and oxygen atoms in total. The summed E-state index contributed by atoms with van der Waals surface area (Å²) >= 11 is 0. The van der Waals surface area contributed by atoms with E-state index in [-0.39, 0.29) is 17.8 Å². The lowest BCUT2D eigenvalue weighted by molar-refractivity contribution is 0.0944. The van der Waals surface area contributed by atoms with Crippen LogP contribution < -0.4 is 5.32 Å². The van der Waals surface area contributed by atoms with Gasteiger partial charge >= 0.3 is 0 Å². The summed E-state index contributed by atoms with van der Waals surface area (Å²) in [5.41, 5.74) is 0.813. The third-order valence-corrected chi connectivity index (χ3v) is 2.52. The van der Waals surface area contributed by atoms with Crippen molar-refractivity contribution < 1.29 is 9.18 Å². The lowest BCUT2D eigenvalue weighted by Crippen LogP contribution is -2.33. The molecule has 1 aromatic carbocycles. The van der Waals surface area contributed by atoms with Crippen molar-refractivity contribution in [2.45, 2.75) is 32.7 Å². The molecule has 0 saturated heterocycles. The number of halogens is 1. The summed E-state index contributed by atoms with van der Waals surface area (Å²) in [4.78, 5) is 11.8. The number of aryl methyl sites for hydroxylation is 1. The number of carbonyl (C=O) groups excluding carboxylic acids is 1. The van der Waals surface area contributed by atoms with E-state index >= 15 is 0 Å². The van der Waals surface area contributed by atoms with E-state index in [0.29, 0.717) is 11.1 Å². The maximum Gasteiger partial charge on any atom is 0.252 e. The number of hydrogen-bond donors (Lipinski definition) is 1. The minimum absolute atomic E-state index is 0.295. The van der Waals surface area contributed by atoms with Gasteiger partial charge in [-0.25, -0.2) is 4.39 Å². The summed E-state index contributed by atoms with van der Waals surface area (Å²) in [6.45, 7) is 3.64. The van der Waals surface area contributed by atoms with Gasteiger partial charge < -0.3 is 5.32 Å². The molecule has 0 aromatic heterocycles. The van der Waals surface area contributed by atoms with Crippen molar-refractivity contribution >= 4 is 5.91 Å². The number of terminal acetylenes is 1. The van der Waals surface area contributed by atoms with Crippen LogP contribution in [-0.4, -0.2) is 11.9 Å². The highest BCUT2D eigenvalue weighted by Gasteiger charge is 2.11. The van der Waals surface area contributed by atoms with Crippen molar-refractivity contribution in [3.63, 3.8) is 0 Å². The smallest absolute Gasteiger partial charge is 0.252 e. The van der Waals surface area contributed by atoms with Gasteiger partial charge in [0, 0.05) is 5.56 Å². The highest BCUT2D eigenvalue weighted by Crippen LogP contribution is 2.09. The summed E-state index contributed by atoms with van der Waals surface area (Å²) in [6, 6.07) is 4.10. The van der Waals surface area contributed by atoms with Crippen molar-refractivity contribution in [3.05, 3.63) is 35.1 Å². The molecule has 0 fully saturated rings. The largest absolute Gasteiger partial charge is 0.338 e. The predicted octanol–water partition coefficient (Wildman–Crippen LogP) is 2.67. The Morgan fingerprint density at radius 2 is 2.29 bits per heavy atom. The second-order valence-electron chi connectivity index (χ2n) is 3.95. The molecule has 0 aliphatic carbocycles. The number of amides is 1.